The van der Waals surface area contributed by atoms with Crippen molar-refractivity contribution in [2.75, 3.05) is 0 Å². The number of benzene rings is 1. The van der Waals surface area contributed by atoms with Gasteiger partial charge in [-0.1, -0.05) is 12.1 Å². The predicted octanol–water partition coefficient (Wildman–Crippen LogP) is 2.69. The van der Waals surface area contributed by atoms with Crippen LogP contribution in [0.2, 0.25) is 0 Å². The largest absolute Gasteiger partial charge is 0.332 e. The number of aryl methyl sites for hydroxylation is 1. The van der Waals surface area contributed by atoms with Gasteiger partial charge in [0, 0.05) is 23.8 Å². The van der Waals surface area contributed by atoms with Gasteiger partial charge >= 0.3 is 0 Å². The van der Waals surface area contributed by atoms with E-state index in [9.17, 15) is 14.0 Å². The summed E-state index contributed by atoms with van der Waals surface area (Å²) in [6.45, 7) is 5.50. The zero-order valence-corrected chi connectivity index (χ0v) is 14.0. The Kier molecular flexibility index (Phi) is 4.22. The minimum atomic E-state index is -0.460. The molecule has 1 heterocycles. The zero-order valence-electron chi connectivity index (χ0n) is 14.0. The van der Waals surface area contributed by atoms with Gasteiger partial charge in [0.15, 0.2) is 5.69 Å². The van der Waals surface area contributed by atoms with E-state index in [2.05, 4.69) is 5.10 Å². The monoisotopic (exact) mass is 329 g/mol. The predicted molar refractivity (Wildman–Crippen MR) is 88.9 cm³/mol. The van der Waals surface area contributed by atoms with E-state index in [-0.39, 0.29) is 29.4 Å². The molecule has 126 valence electrons. The van der Waals surface area contributed by atoms with Gasteiger partial charge < -0.3 is 4.90 Å². The molecule has 1 aromatic heterocycles. The second-order valence-electron chi connectivity index (χ2n) is 6.40. The van der Waals surface area contributed by atoms with E-state index in [1.165, 1.54) is 16.8 Å². The second-order valence-corrected chi connectivity index (χ2v) is 6.40. The van der Waals surface area contributed by atoms with E-state index in [4.69, 9.17) is 0 Å². The van der Waals surface area contributed by atoms with Crippen LogP contribution in [0.15, 0.2) is 35.1 Å². The van der Waals surface area contributed by atoms with Crippen LogP contribution in [0, 0.1) is 12.7 Å². The average Bonchev–Trinajstić information content (AvgIpc) is 3.33. The van der Waals surface area contributed by atoms with Crippen molar-refractivity contribution in [1.29, 1.82) is 0 Å². The SMILES string of the molecule is Cc1cc(=O)c(C(=O)N(C(C)C)C2CC2)nn1-c1ccccc1F. The van der Waals surface area contributed by atoms with Crippen molar-refractivity contribution in [3.05, 3.63) is 57.8 Å². The molecule has 1 saturated carbocycles. The lowest BCUT2D eigenvalue weighted by atomic mass is 10.2. The standard InChI is InChI=1S/C18H20FN3O2/c1-11(2)21(13-8-9-13)18(24)17-16(23)10-12(3)22(20-17)15-7-5-4-6-14(15)19/h4-7,10-11,13H,8-9H2,1-3H3. The van der Waals surface area contributed by atoms with Gasteiger partial charge in [0.25, 0.3) is 5.91 Å². The molecule has 2 aromatic rings. The fourth-order valence-corrected chi connectivity index (χ4v) is 2.86. The molecule has 6 heteroatoms. The topological polar surface area (TPSA) is 55.2 Å². The molecule has 0 radical (unpaired) electrons. The lowest BCUT2D eigenvalue weighted by molar-refractivity contribution is 0.0680. The summed E-state index contributed by atoms with van der Waals surface area (Å²) >= 11 is 0. The van der Waals surface area contributed by atoms with Crippen molar-refractivity contribution in [2.24, 2.45) is 0 Å². The van der Waals surface area contributed by atoms with Gasteiger partial charge in [0.05, 0.1) is 0 Å². The molecule has 24 heavy (non-hydrogen) atoms. The number of hydrogen-bond acceptors (Lipinski definition) is 3. The van der Waals surface area contributed by atoms with Crippen molar-refractivity contribution < 1.29 is 9.18 Å². The molecule has 5 nitrogen and oxygen atoms in total. The summed E-state index contributed by atoms with van der Waals surface area (Å²) in [4.78, 5) is 26.8. The van der Waals surface area contributed by atoms with Gasteiger partial charge in [-0.05, 0) is 45.7 Å². The molecule has 1 aliphatic carbocycles. The van der Waals surface area contributed by atoms with Crippen LogP contribution in [0.3, 0.4) is 0 Å². The molecule has 0 N–H and O–H groups in total. The van der Waals surface area contributed by atoms with Gasteiger partial charge in [0.1, 0.15) is 11.5 Å². The highest BCUT2D eigenvalue weighted by molar-refractivity contribution is 5.92. The van der Waals surface area contributed by atoms with Crippen LogP contribution < -0.4 is 5.43 Å². The number of aromatic nitrogens is 2. The minimum absolute atomic E-state index is 0.0191. The van der Waals surface area contributed by atoms with Gasteiger partial charge in [-0.3, -0.25) is 9.59 Å². The van der Waals surface area contributed by atoms with Crippen LogP contribution in [-0.4, -0.2) is 32.7 Å². The quantitative estimate of drug-likeness (QED) is 0.866. The molecule has 1 aliphatic rings. The highest BCUT2D eigenvalue weighted by Crippen LogP contribution is 2.29. The van der Waals surface area contributed by atoms with Crippen LogP contribution >= 0.6 is 0 Å². The molecule has 0 atom stereocenters. The number of hydrogen-bond donors (Lipinski definition) is 0. The summed E-state index contributed by atoms with van der Waals surface area (Å²) in [5, 5.41) is 4.19. The third-order valence-electron chi connectivity index (χ3n) is 4.12. The van der Waals surface area contributed by atoms with E-state index >= 15 is 0 Å². The van der Waals surface area contributed by atoms with E-state index < -0.39 is 11.2 Å². The number of para-hydroxylation sites is 1. The van der Waals surface area contributed by atoms with Crippen molar-refractivity contribution in [3.63, 3.8) is 0 Å². The Hall–Kier alpha value is -2.50. The maximum absolute atomic E-state index is 14.1. The average molecular weight is 329 g/mol. The summed E-state index contributed by atoms with van der Waals surface area (Å²) in [5.41, 5.74) is 0.0941. The summed E-state index contributed by atoms with van der Waals surface area (Å²) in [6.07, 6.45) is 1.88. The Bertz CT molecular complexity index is 838. The Morgan fingerprint density at radius 3 is 2.58 bits per heavy atom. The van der Waals surface area contributed by atoms with Gasteiger partial charge in [-0.2, -0.15) is 5.10 Å². The lowest BCUT2D eigenvalue weighted by Gasteiger charge is -2.26. The first-order valence-corrected chi connectivity index (χ1v) is 8.08. The molecular weight excluding hydrogens is 309 g/mol. The Balaban J connectivity index is 2.09. The van der Waals surface area contributed by atoms with E-state index in [0.717, 1.165) is 12.8 Å². The molecule has 0 spiro atoms. The Morgan fingerprint density at radius 2 is 2.00 bits per heavy atom. The second kappa shape index (κ2) is 6.19. The van der Waals surface area contributed by atoms with Crippen molar-refractivity contribution in [3.8, 4) is 5.69 Å². The van der Waals surface area contributed by atoms with Crippen LogP contribution in [0.5, 0.6) is 0 Å². The van der Waals surface area contributed by atoms with Crippen LogP contribution in [0.25, 0.3) is 5.69 Å². The first-order valence-electron chi connectivity index (χ1n) is 8.08. The molecule has 1 fully saturated rings. The van der Waals surface area contributed by atoms with E-state index in [1.807, 2.05) is 13.8 Å². The zero-order chi connectivity index (χ0) is 17.4. The fourth-order valence-electron chi connectivity index (χ4n) is 2.86. The number of halogens is 1. The minimum Gasteiger partial charge on any atom is -0.332 e. The van der Waals surface area contributed by atoms with Gasteiger partial charge in [-0.25, -0.2) is 9.07 Å². The third kappa shape index (κ3) is 2.96. The van der Waals surface area contributed by atoms with Gasteiger partial charge in [-0.15, -0.1) is 0 Å². The number of amides is 1. The summed E-state index contributed by atoms with van der Waals surface area (Å²) in [5.74, 6) is -0.847. The van der Waals surface area contributed by atoms with Crippen molar-refractivity contribution in [2.45, 2.75) is 45.7 Å². The maximum atomic E-state index is 14.1. The highest BCUT2D eigenvalue weighted by Gasteiger charge is 2.36. The maximum Gasteiger partial charge on any atom is 0.278 e. The number of rotatable bonds is 4. The normalized spacial score (nSPS) is 14.0. The number of nitrogens with zero attached hydrogens (tertiary/aromatic N) is 3. The summed E-state index contributed by atoms with van der Waals surface area (Å²) in [6, 6.07) is 7.63. The highest BCUT2D eigenvalue weighted by atomic mass is 19.1. The number of carbonyl (C=O) groups is 1. The fraction of sp³-hybridized carbons (Fsp3) is 0.389. The van der Waals surface area contributed by atoms with E-state index in [0.29, 0.717) is 5.69 Å². The molecule has 0 aliphatic heterocycles. The molecule has 0 unspecified atom stereocenters. The van der Waals surface area contributed by atoms with Gasteiger partial charge in [0.2, 0.25) is 5.43 Å². The summed E-state index contributed by atoms with van der Waals surface area (Å²) < 4.78 is 15.4. The Morgan fingerprint density at radius 1 is 1.33 bits per heavy atom. The third-order valence-corrected chi connectivity index (χ3v) is 4.12. The van der Waals surface area contributed by atoms with E-state index in [1.54, 1.807) is 30.0 Å². The molecule has 0 bridgehead atoms. The molecular formula is C18H20FN3O2. The number of carbonyl (C=O) groups excluding carboxylic acids is 1. The van der Waals surface area contributed by atoms with Crippen LogP contribution in [0.1, 0.15) is 42.9 Å². The molecule has 1 amide bonds. The lowest BCUT2D eigenvalue weighted by Crippen LogP contribution is -2.42. The van der Waals surface area contributed by atoms with Crippen LogP contribution in [-0.2, 0) is 0 Å². The smallest absolute Gasteiger partial charge is 0.278 e. The molecule has 1 aromatic carbocycles. The first kappa shape index (κ1) is 16.4. The first-order chi connectivity index (χ1) is 11.4. The molecule has 0 saturated heterocycles. The van der Waals surface area contributed by atoms with Crippen LogP contribution in [0.4, 0.5) is 4.39 Å². The summed E-state index contributed by atoms with van der Waals surface area (Å²) in [7, 11) is 0. The van der Waals surface area contributed by atoms with Crippen molar-refractivity contribution in [1.82, 2.24) is 14.7 Å². The molecule has 3 rings (SSSR count). The Labute approximate surface area is 139 Å². The van der Waals surface area contributed by atoms with Crippen molar-refractivity contribution >= 4 is 5.91 Å².